The van der Waals surface area contributed by atoms with Crippen molar-refractivity contribution in [1.82, 2.24) is 5.32 Å². The van der Waals surface area contributed by atoms with Crippen molar-refractivity contribution in [2.24, 2.45) is 0 Å². The molecule has 0 aromatic heterocycles. The number of benzene rings is 1. The topological polar surface area (TPSA) is 32.3 Å². The molecule has 1 saturated carbocycles. The molecule has 1 saturated heterocycles. The fourth-order valence-corrected chi connectivity index (χ4v) is 2.84. The lowest BCUT2D eigenvalue weighted by molar-refractivity contribution is -0.121. The highest BCUT2D eigenvalue weighted by Crippen LogP contribution is 2.30. The van der Waals surface area contributed by atoms with Crippen LogP contribution >= 0.6 is 15.9 Å². The Bertz CT molecular complexity index is 548. The van der Waals surface area contributed by atoms with E-state index in [1.54, 1.807) is 0 Å². The second-order valence-electron chi connectivity index (χ2n) is 5.34. The van der Waals surface area contributed by atoms with Crippen LogP contribution in [0, 0.1) is 11.6 Å². The molecule has 6 heteroatoms. The average Bonchev–Trinajstić information content (AvgIpc) is 3.21. The average molecular weight is 345 g/mol. The molecule has 0 spiro atoms. The molecular formula is C14H15BrF2N2O. The molecule has 2 fully saturated rings. The number of carbonyl (C=O) groups excluding carboxylic acids is 1. The van der Waals surface area contributed by atoms with Gasteiger partial charge in [-0.3, -0.25) is 4.79 Å². The van der Waals surface area contributed by atoms with Gasteiger partial charge >= 0.3 is 0 Å². The largest absolute Gasteiger partial charge is 0.308 e. The predicted molar refractivity (Wildman–Crippen MR) is 75.6 cm³/mol. The van der Waals surface area contributed by atoms with E-state index < -0.39 is 11.6 Å². The molecule has 3 rings (SSSR count). The third kappa shape index (κ3) is 2.72. The van der Waals surface area contributed by atoms with Gasteiger partial charge in [0.1, 0.15) is 11.6 Å². The van der Waals surface area contributed by atoms with Crippen LogP contribution in [0.2, 0.25) is 0 Å². The number of hydrogen-bond donors (Lipinski definition) is 1. The lowest BCUT2D eigenvalue weighted by Crippen LogP contribution is -2.51. The highest BCUT2D eigenvalue weighted by atomic mass is 79.9. The Hall–Kier alpha value is -1.01. The summed E-state index contributed by atoms with van der Waals surface area (Å²) in [6, 6.07) is 2.28. The molecule has 1 aromatic rings. The fourth-order valence-electron chi connectivity index (χ4n) is 2.52. The molecule has 1 atom stereocenters. The van der Waals surface area contributed by atoms with Gasteiger partial charge in [-0.1, -0.05) is 0 Å². The first kappa shape index (κ1) is 13.9. The quantitative estimate of drug-likeness (QED) is 0.855. The van der Waals surface area contributed by atoms with Crippen molar-refractivity contribution in [2.45, 2.75) is 37.8 Å². The molecule has 1 aliphatic carbocycles. The van der Waals surface area contributed by atoms with Crippen molar-refractivity contribution in [3.8, 4) is 0 Å². The van der Waals surface area contributed by atoms with Gasteiger partial charge in [-0.25, -0.2) is 8.78 Å². The molecule has 1 aliphatic heterocycles. The SMILES string of the molecule is O=C1C(NC2CC2)CCCN1c1cc(F)c(Br)cc1F. The third-order valence-corrected chi connectivity index (χ3v) is 4.34. The van der Waals surface area contributed by atoms with E-state index >= 15 is 0 Å². The van der Waals surface area contributed by atoms with Crippen LogP contribution in [0.15, 0.2) is 16.6 Å². The Labute approximate surface area is 124 Å². The van der Waals surface area contributed by atoms with Gasteiger partial charge in [-0.15, -0.1) is 0 Å². The molecule has 108 valence electrons. The van der Waals surface area contributed by atoms with Crippen LogP contribution in [-0.4, -0.2) is 24.5 Å². The highest BCUT2D eigenvalue weighted by molar-refractivity contribution is 9.10. The summed E-state index contributed by atoms with van der Waals surface area (Å²) in [5.41, 5.74) is 0.0259. The number of hydrogen-bond acceptors (Lipinski definition) is 2. The van der Waals surface area contributed by atoms with Crippen LogP contribution in [0.1, 0.15) is 25.7 Å². The van der Waals surface area contributed by atoms with Gasteiger partial charge in [0.2, 0.25) is 5.91 Å². The monoisotopic (exact) mass is 344 g/mol. The third-order valence-electron chi connectivity index (χ3n) is 3.73. The smallest absolute Gasteiger partial charge is 0.244 e. The van der Waals surface area contributed by atoms with Gasteiger partial charge in [-0.2, -0.15) is 0 Å². The number of nitrogens with zero attached hydrogens (tertiary/aromatic N) is 1. The number of carbonyl (C=O) groups is 1. The molecule has 1 heterocycles. The summed E-state index contributed by atoms with van der Waals surface area (Å²) in [4.78, 5) is 13.8. The lowest BCUT2D eigenvalue weighted by Gasteiger charge is -2.33. The zero-order chi connectivity index (χ0) is 14.3. The lowest BCUT2D eigenvalue weighted by atomic mass is 10.0. The first-order chi connectivity index (χ1) is 9.56. The van der Waals surface area contributed by atoms with Crippen molar-refractivity contribution < 1.29 is 13.6 Å². The van der Waals surface area contributed by atoms with Gasteiger partial charge in [0, 0.05) is 18.7 Å². The number of rotatable bonds is 3. The molecule has 3 nitrogen and oxygen atoms in total. The number of nitrogens with one attached hydrogen (secondary N) is 1. The van der Waals surface area contributed by atoms with Crippen LogP contribution in [0.3, 0.4) is 0 Å². The van der Waals surface area contributed by atoms with Crippen molar-refractivity contribution in [3.05, 3.63) is 28.2 Å². The second kappa shape index (κ2) is 5.41. The summed E-state index contributed by atoms with van der Waals surface area (Å²) in [7, 11) is 0. The Kier molecular flexibility index (Phi) is 3.77. The summed E-state index contributed by atoms with van der Waals surface area (Å²) in [6.45, 7) is 0.430. The van der Waals surface area contributed by atoms with Crippen LogP contribution in [-0.2, 0) is 4.79 Å². The standard InChI is InChI=1S/C14H15BrF2N2O/c15-9-6-11(17)13(7-10(9)16)19-5-1-2-12(14(19)20)18-8-3-4-8/h6-8,12,18H,1-5H2. The summed E-state index contributed by atoms with van der Waals surface area (Å²) >= 11 is 2.94. The van der Waals surface area contributed by atoms with Gasteiger partial charge in [0.25, 0.3) is 0 Å². The number of piperidine rings is 1. The van der Waals surface area contributed by atoms with E-state index in [-0.39, 0.29) is 22.1 Å². The zero-order valence-electron chi connectivity index (χ0n) is 10.8. The van der Waals surface area contributed by atoms with E-state index in [1.165, 1.54) is 4.90 Å². The maximum atomic E-state index is 14.0. The Morgan fingerprint density at radius 2 is 1.95 bits per heavy atom. The predicted octanol–water partition coefficient (Wildman–Crippen LogP) is 2.97. The zero-order valence-corrected chi connectivity index (χ0v) is 12.4. The van der Waals surface area contributed by atoms with Gasteiger partial charge < -0.3 is 10.2 Å². The first-order valence-corrected chi connectivity index (χ1v) is 7.57. The molecule has 1 N–H and O–H groups in total. The molecule has 20 heavy (non-hydrogen) atoms. The maximum absolute atomic E-state index is 14.0. The van der Waals surface area contributed by atoms with Crippen LogP contribution in [0.5, 0.6) is 0 Å². The minimum atomic E-state index is -0.585. The maximum Gasteiger partial charge on any atom is 0.244 e. The minimum absolute atomic E-state index is 0.0259. The fraction of sp³-hybridized carbons (Fsp3) is 0.500. The summed E-state index contributed by atoms with van der Waals surface area (Å²) in [5.74, 6) is -1.31. The molecule has 1 amide bonds. The number of halogens is 3. The molecule has 1 aromatic carbocycles. The molecule has 0 radical (unpaired) electrons. The van der Waals surface area contributed by atoms with E-state index in [0.29, 0.717) is 12.6 Å². The van der Waals surface area contributed by atoms with Crippen molar-refractivity contribution in [2.75, 3.05) is 11.4 Å². The van der Waals surface area contributed by atoms with Gasteiger partial charge in [0.05, 0.1) is 16.2 Å². The molecular weight excluding hydrogens is 330 g/mol. The van der Waals surface area contributed by atoms with E-state index in [1.807, 2.05) is 0 Å². The van der Waals surface area contributed by atoms with Crippen LogP contribution in [0.25, 0.3) is 0 Å². The Morgan fingerprint density at radius 3 is 2.65 bits per heavy atom. The van der Waals surface area contributed by atoms with Gasteiger partial charge in [-0.05, 0) is 47.7 Å². The number of amides is 1. The van der Waals surface area contributed by atoms with Crippen molar-refractivity contribution in [3.63, 3.8) is 0 Å². The first-order valence-electron chi connectivity index (χ1n) is 6.78. The summed E-state index contributed by atoms with van der Waals surface area (Å²) in [5, 5.41) is 3.27. The minimum Gasteiger partial charge on any atom is -0.308 e. The van der Waals surface area contributed by atoms with Gasteiger partial charge in [0.15, 0.2) is 0 Å². The second-order valence-corrected chi connectivity index (χ2v) is 6.20. The Balaban J connectivity index is 1.84. The molecule has 2 aliphatic rings. The Morgan fingerprint density at radius 1 is 1.20 bits per heavy atom. The van der Waals surface area contributed by atoms with Crippen molar-refractivity contribution in [1.29, 1.82) is 0 Å². The van der Waals surface area contributed by atoms with E-state index in [4.69, 9.17) is 0 Å². The number of anilines is 1. The van der Waals surface area contributed by atoms with Crippen LogP contribution in [0.4, 0.5) is 14.5 Å². The van der Waals surface area contributed by atoms with Crippen LogP contribution < -0.4 is 10.2 Å². The highest BCUT2D eigenvalue weighted by Gasteiger charge is 2.35. The van der Waals surface area contributed by atoms with E-state index in [0.717, 1.165) is 37.8 Å². The normalized spacial score (nSPS) is 23.2. The van der Waals surface area contributed by atoms with E-state index in [9.17, 15) is 13.6 Å². The van der Waals surface area contributed by atoms with Crippen molar-refractivity contribution >= 4 is 27.5 Å². The summed E-state index contributed by atoms with van der Waals surface area (Å²) < 4.78 is 27.6. The summed E-state index contributed by atoms with van der Waals surface area (Å²) in [6.07, 6.45) is 3.72. The molecule has 1 unspecified atom stereocenters. The molecule has 0 bridgehead atoms. The van der Waals surface area contributed by atoms with E-state index in [2.05, 4.69) is 21.2 Å².